The van der Waals surface area contributed by atoms with E-state index in [1.165, 1.54) is 30.4 Å². The number of benzene rings is 1. The van der Waals surface area contributed by atoms with Crippen molar-refractivity contribution in [1.82, 2.24) is 0 Å². The molecule has 0 aliphatic heterocycles. The summed E-state index contributed by atoms with van der Waals surface area (Å²) in [5.74, 6) is -1.57. The van der Waals surface area contributed by atoms with Gasteiger partial charge in [0.25, 0.3) is 5.91 Å². The van der Waals surface area contributed by atoms with Gasteiger partial charge >= 0.3 is 5.97 Å². The van der Waals surface area contributed by atoms with Crippen molar-refractivity contribution < 1.29 is 19.4 Å². The number of hydrogen-bond donors (Lipinski definition) is 2. The third kappa shape index (κ3) is 3.42. The molecule has 0 aliphatic carbocycles. The summed E-state index contributed by atoms with van der Waals surface area (Å²) in [7, 11) is 0. The molecule has 0 saturated carbocycles. The summed E-state index contributed by atoms with van der Waals surface area (Å²) in [6.07, 6.45) is -1.07. The summed E-state index contributed by atoms with van der Waals surface area (Å²) in [5, 5.41) is 23.1. The summed E-state index contributed by atoms with van der Waals surface area (Å²) in [6.45, 7) is 1.41. The van der Waals surface area contributed by atoms with Crippen molar-refractivity contribution in [3.63, 3.8) is 0 Å². The Labute approximate surface area is 130 Å². The topological polar surface area (TPSA) is 99.4 Å². The Balaban J connectivity index is 2.02. The van der Waals surface area contributed by atoms with Crippen molar-refractivity contribution in [2.24, 2.45) is 0 Å². The van der Waals surface area contributed by atoms with Crippen LogP contribution in [0.4, 0.5) is 5.00 Å². The van der Waals surface area contributed by atoms with E-state index in [2.05, 4.69) is 5.32 Å². The first-order valence-electron chi connectivity index (χ1n) is 6.30. The molecule has 0 bridgehead atoms. The second-order valence-electron chi connectivity index (χ2n) is 4.33. The van der Waals surface area contributed by atoms with E-state index in [4.69, 9.17) is 10.00 Å². The second kappa shape index (κ2) is 6.74. The molecule has 2 rings (SSSR count). The van der Waals surface area contributed by atoms with Crippen LogP contribution < -0.4 is 5.32 Å². The Bertz CT molecular complexity index is 748. The fraction of sp³-hybridized carbons (Fsp3) is 0.133. The molecule has 1 heterocycles. The van der Waals surface area contributed by atoms with Gasteiger partial charge in [0.1, 0.15) is 22.4 Å². The molecule has 0 aliphatic rings. The van der Waals surface area contributed by atoms with Gasteiger partial charge in [-0.15, -0.1) is 11.3 Å². The average molecular weight is 316 g/mol. The van der Waals surface area contributed by atoms with Crippen molar-refractivity contribution in [3.05, 3.63) is 46.8 Å². The Kier molecular flexibility index (Phi) is 4.76. The number of anilines is 1. The molecule has 22 heavy (non-hydrogen) atoms. The third-order valence-electron chi connectivity index (χ3n) is 2.80. The minimum atomic E-state index is -1.07. The Morgan fingerprint density at radius 1 is 1.36 bits per heavy atom. The van der Waals surface area contributed by atoms with E-state index in [1.807, 2.05) is 6.07 Å². The van der Waals surface area contributed by atoms with Crippen LogP contribution in [0.5, 0.6) is 5.75 Å². The lowest BCUT2D eigenvalue weighted by molar-refractivity contribution is -0.123. The van der Waals surface area contributed by atoms with E-state index in [9.17, 15) is 14.7 Å². The molecule has 0 radical (unpaired) electrons. The molecule has 0 fully saturated rings. The number of carbonyl (C=O) groups is 2. The molecular formula is C15H12N2O4S. The van der Waals surface area contributed by atoms with Crippen molar-refractivity contribution in [2.75, 3.05) is 5.32 Å². The van der Waals surface area contributed by atoms with E-state index >= 15 is 0 Å². The predicted octanol–water partition coefficient (Wildman–Crippen LogP) is 2.51. The van der Waals surface area contributed by atoms with E-state index in [-0.39, 0.29) is 11.3 Å². The summed E-state index contributed by atoms with van der Waals surface area (Å²) in [4.78, 5) is 23.9. The Morgan fingerprint density at radius 2 is 2.09 bits per heavy atom. The number of thiophene rings is 1. The second-order valence-corrected chi connectivity index (χ2v) is 5.25. The van der Waals surface area contributed by atoms with Crippen LogP contribution in [0, 0.1) is 11.3 Å². The maximum absolute atomic E-state index is 12.0. The van der Waals surface area contributed by atoms with Crippen LogP contribution in [0.3, 0.4) is 0 Å². The standard InChI is InChI=1S/C15H12N2O4S/c1-9(13(19)17-14-10(8-16)6-7-22-14)21-15(20)11-4-2-3-5-12(11)18/h2-7,9,18H,1H3,(H,17,19)/t9-/m1/s1. The van der Waals surface area contributed by atoms with Crippen molar-refractivity contribution in [3.8, 4) is 11.8 Å². The van der Waals surface area contributed by atoms with Gasteiger partial charge in [-0.1, -0.05) is 12.1 Å². The highest BCUT2D eigenvalue weighted by Crippen LogP contribution is 2.23. The summed E-state index contributed by atoms with van der Waals surface area (Å²) in [6, 6.07) is 9.43. The number of amides is 1. The van der Waals surface area contributed by atoms with Gasteiger partial charge in [-0.2, -0.15) is 5.26 Å². The van der Waals surface area contributed by atoms with Crippen LogP contribution in [-0.4, -0.2) is 23.1 Å². The zero-order valence-corrected chi connectivity index (χ0v) is 12.4. The number of carbonyl (C=O) groups excluding carboxylic acids is 2. The monoisotopic (exact) mass is 316 g/mol. The van der Waals surface area contributed by atoms with Gasteiger partial charge in [-0.3, -0.25) is 4.79 Å². The van der Waals surface area contributed by atoms with Gasteiger partial charge < -0.3 is 15.2 Å². The molecule has 1 aromatic heterocycles. The van der Waals surface area contributed by atoms with Crippen LogP contribution in [-0.2, 0) is 9.53 Å². The van der Waals surface area contributed by atoms with Crippen molar-refractivity contribution in [1.29, 1.82) is 5.26 Å². The van der Waals surface area contributed by atoms with Gasteiger partial charge in [0.15, 0.2) is 6.10 Å². The SMILES string of the molecule is C[C@@H](OC(=O)c1ccccc1O)C(=O)Nc1sccc1C#N. The Morgan fingerprint density at radius 3 is 2.77 bits per heavy atom. The quantitative estimate of drug-likeness (QED) is 0.844. The first-order chi connectivity index (χ1) is 10.5. The number of nitrogens with zero attached hydrogens (tertiary/aromatic N) is 1. The molecular weight excluding hydrogens is 304 g/mol. The lowest BCUT2D eigenvalue weighted by Crippen LogP contribution is -2.29. The molecule has 6 nitrogen and oxygen atoms in total. The molecule has 1 amide bonds. The van der Waals surface area contributed by atoms with Gasteiger partial charge in [0, 0.05) is 0 Å². The number of nitrogens with one attached hydrogen (secondary N) is 1. The summed E-state index contributed by atoms with van der Waals surface area (Å²) < 4.78 is 5.01. The molecule has 0 saturated heterocycles. The molecule has 0 spiro atoms. The van der Waals surface area contributed by atoms with E-state index < -0.39 is 18.0 Å². The molecule has 2 N–H and O–H groups in total. The van der Waals surface area contributed by atoms with Crippen LogP contribution in [0.15, 0.2) is 35.7 Å². The average Bonchev–Trinajstić information content (AvgIpc) is 2.94. The summed E-state index contributed by atoms with van der Waals surface area (Å²) >= 11 is 1.20. The third-order valence-corrected chi connectivity index (χ3v) is 3.63. The van der Waals surface area contributed by atoms with E-state index in [0.29, 0.717) is 10.6 Å². The van der Waals surface area contributed by atoms with Crippen LogP contribution in [0.25, 0.3) is 0 Å². The molecule has 1 aromatic carbocycles. The van der Waals surface area contributed by atoms with E-state index in [1.54, 1.807) is 23.6 Å². The normalized spacial score (nSPS) is 11.3. The molecule has 112 valence electrons. The largest absolute Gasteiger partial charge is 0.507 e. The zero-order chi connectivity index (χ0) is 16.1. The van der Waals surface area contributed by atoms with E-state index in [0.717, 1.165) is 0 Å². The summed E-state index contributed by atoms with van der Waals surface area (Å²) in [5.41, 5.74) is 0.327. The molecule has 0 unspecified atom stereocenters. The highest BCUT2D eigenvalue weighted by Gasteiger charge is 2.21. The molecule has 7 heteroatoms. The highest BCUT2D eigenvalue weighted by molar-refractivity contribution is 7.14. The van der Waals surface area contributed by atoms with Crippen LogP contribution in [0.1, 0.15) is 22.8 Å². The number of phenols is 1. The minimum Gasteiger partial charge on any atom is -0.507 e. The van der Waals surface area contributed by atoms with Crippen molar-refractivity contribution in [2.45, 2.75) is 13.0 Å². The molecule has 2 aromatic rings. The van der Waals surface area contributed by atoms with Crippen LogP contribution >= 0.6 is 11.3 Å². The smallest absolute Gasteiger partial charge is 0.342 e. The van der Waals surface area contributed by atoms with Gasteiger partial charge in [0.05, 0.1) is 5.56 Å². The van der Waals surface area contributed by atoms with Gasteiger partial charge in [-0.05, 0) is 30.5 Å². The number of phenolic OH excluding ortho intramolecular Hbond substituents is 1. The van der Waals surface area contributed by atoms with Crippen molar-refractivity contribution >= 4 is 28.2 Å². The first kappa shape index (κ1) is 15.5. The zero-order valence-electron chi connectivity index (χ0n) is 11.6. The number of ether oxygens (including phenoxy) is 1. The fourth-order valence-electron chi connectivity index (χ4n) is 1.63. The highest BCUT2D eigenvalue weighted by atomic mass is 32.1. The minimum absolute atomic E-state index is 0.0176. The predicted molar refractivity (Wildman–Crippen MR) is 80.6 cm³/mol. The van der Waals surface area contributed by atoms with Crippen LogP contribution in [0.2, 0.25) is 0 Å². The lowest BCUT2D eigenvalue weighted by atomic mass is 10.2. The number of rotatable bonds is 4. The maximum Gasteiger partial charge on any atom is 0.342 e. The maximum atomic E-state index is 12.0. The Hall–Kier alpha value is -2.85. The lowest BCUT2D eigenvalue weighted by Gasteiger charge is -2.13. The number of hydrogen-bond acceptors (Lipinski definition) is 6. The van der Waals surface area contributed by atoms with Gasteiger partial charge in [-0.25, -0.2) is 4.79 Å². The first-order valence-corrected chi connectivity index (χ1v) is 7.18. The molecule has 1 atom stereocenters. The number of nitriles is 1. The van der Waals surface area contributed by atoms with Gasteiger partial charge in [0.2, 0.25) is 0 Å². The number of esters is 1. The number of para-hydroxylation sites is 1. The number of aromatic hydroxyl groups is 1. The fourth-order valence-corrected chi connectivity index (χ4v) is 2.37.